The minimum absolute atomic E-state index is 0.134. The zero-order valence-corrected chi connectivity index (χ0v) is 14.3. The van der Waals surface area contributed by atoms with Crippen LogP contribution in [0.4, 0.5) is 4.79 Å². The van der Waals surface area contributed by atoms with E-state index in [9.17, 15) is 19.5 Å². The molecule has 1 aromatic rings. The van der Waals surface area contributed by atoms with E-state index in [1.807, 2.05) is 37.3 Å². The van der Waals surface area contributed by atoms with Crippen LogP contribution in [0.15, 0.2) is 30.3 Å². The number of methoxy groups -OCH3 is 1. The lowest BCUT2D eigenvalue weighted by atomic mass is 10.0. The molecule has 0 radical (unpaired) electrons. The van der Waals surface area contributed by atoms with Crippen LogP contribution in [0.2, 0.25) is 0 Å². The number of ether oxygens (including phenoxy) is 1. The lowest BCUT2D eigenvalue weighted by Gasteiger charge is -2.38. The topological polar surface area (TPSA) is 95.9 Å². The van der Waals surface area contributed by atoms with E-state index >= 15 is 0 Å². The minimum Gasteiger partial charge on any atom is -0.457 e. The molecule has 0 saturated carbocycles. The average molecular weight is 357 g/mol. The van der Waals surface area contributed by atoms with Gasteiger partial charge in [-0.15, -0.1) is 0 Å². The van der Waals surface area contributed by atoms with Gasteiger partial charge in [0.15, 0.2) is 0 Å². The van der Waals surface area contributed by atoms with Crippen LogP contribution < -0.4 is 5.32 Å². The number of piperazine rings is 1. The monoisotopic (exact) mass is 356 g/mol. The smallest absolute Gasteiger partial charge is 0.403 e. The Morgan fingerprint density at radius 2 is 1.92 bits per heavy atom. The van der Waals surface area contributed by atoms with Crippen molar-refractivity contribution in [2.24, 2.45) is 0 Å². The van der Waals surface area contributed by atoms with Crippen molar-refractivity contribution in [2.75, 3.05) is 13.7 Å². The average Bonchev–Trinajstić information content (AvgIpc) is 2.59. The van der Waals surface area contributed by atoms with E-state index in [1.54, 1.807) is 0 Å². The molecule has 7 nitrogen and oxygen atoms in total. The predicted molar refractivity (Wildman–Crippen MR) is 88.3 cm³/mol. The molecule has 1 saturated heterocycles. The van der Waals surface area contributed by atoms with Crippen LogP contribution in [-0.4, -0.2) is 53.0 Å². The van der Waals surface area contributed by atoms with Crippen LogP contribution >= 0.6 is 11.6 Å². The molecule has 0 bridgehead atoms. The fourth-order valence-electron chi connectivity index (χ4n) is 2.25. The number of nitrogens with zero attached hydrogens (tertiary/aromatic N) is 1. The molecular formula is C16H21ClN2O5. The standard InChI is InChI=1S/C14H18N2O3.C2H3ClO2/c1-2-11-14(19)16(12(9-17)13(18)15-11)8-10-6-4-3-5-7-10;1-5-2(3)4/h3-7,11-12,17H,2,8-9H2,1H3,(H,15,18);1H3/t11-,12-;/m1./s1. The van der Waals surface area contributed by atoms with Gasteiger partial charge in [-0.2, -0.15) is 0 Å². The molecule has 0 unspecified atom stereocenters. The van der Waals surface area contributed by atoms with E-state index in [-0.39, 0.29) is 18.4 Å². The fraction of sp³-hybridized carbons (Fsp3) is 0.438. The zero-order valence-electron chi connectivity index (χ0n) is 13.6. The molecule has 2 amide bonds. The molecule has 0 spiro atoms. The normalized spacial score (nSPS) is 19.9. The Bertz CT molecular complexity index is 567. The third-order valence-corrected chi connectivity index (χ3v) is 3.67. The van der Waals surface area contributed by atoms with Crippen molar-refractivity contribution >= 4 is 28.8 Å². The van der Waals surface area contributed by atoms with Gasteiger partial charge >= 0.3 is 5.43 Å². The summed E-state index contributed by atoms with van der Waals surface area (Å²) in [5.41, 5.74) is 0.170. The first kappa shape index (κ1) is 19.9. The van der Waals surface area contributed by atoms with Crippen molar-refractivity contribution < 1.29 is 24.2 Å². The maximum atomic E-state index is 12.3. The highest BCUT2D eigenvalue weighted by molar-refractivity contribution is 6.61. The van der Waals surface area contributed by atoms with Crippen molar-refractivity contribution in [1.82, 2.24) is 10.2 Å². The third-order valence-electron chi connectivity index (χ3n) is 3.51. The number of aliphatic hydroxyl groups excluding tert-OH is 1. The lowest BCUT2D eigenvalue weighted by Crippen LogP contribution is -2.63. The van der Waals surface area contributed by atoms with Crippen molar-refractivity contribution in [3.05, 3.63) is 35.9 Å². The number of carbonyl (C=O) groups is 3. The van der Waals surface area contributed by atoms with Gasteiger partial charge in [-0.1, -0.05) is 37.3 Å². The summed E-state index contributed by atoms with van der Waals surface area (Å²) in [6.45, 7) is 1.83. The van der Waals surface area contributed by atoms with E-state index in [1.165, 1.54) is 12.0 Å². The maximum absolute atomic E-state index is 12.3. The molecular weight excluding hydrogens is 336 g/mol. The second kappa shape index (κ2) is 9.89. The Morgan fingerprint density at radius 1 is 1.33 bits per heavy atom. The van der Waals surface area contributed by atoms with Gasteiger partial charge in [0.25, 0.3) is 0 Å². The molecule has 0 aromatic heterocycles. The predicted octanol–water partition coefficient (Wildman–Crippen LogP) is 1.28. The van der Waals surface area contributed by atoms with Gasteiger partial charge < -0.3 is 20.1 Å². The molecule has 132 valence electrons. The van der Waals surface area contributed by atoms with Gasteiger partial charge in [0.05, 0.1) is 13.7 Å². The molecule has 1 heterocycles. The minimum atomic E-state index is -0.796. The first-order valence-electron chi connectivity index (χ1n) is 7.43. The van der Waals surface area contributed by atoms with Crippen molar-refractivity contribution in [3.8, 4) is 0 Å². The fourth-order valence-corrected chi connectivity index (χ4v) is 2.25. The van der Waals surface area contributed by atoms with Crippen LogP contribution in [0.5, 0.6) is 0 Å². The van der Waals surface area contributed by atoms with Gasteiger partial charge in [-0.05, 0) is 12.0 Å². The number of hydrogen-bond acceptors (Lipinski definition) is 5. The summed E-state index contributed by atoms with van der Waals surface area (Å²) in [5.74, 6) is -0.421. The second-order valence-corrected chi connectivity index (χ2v) is 5.37. The largest absolute Gasteiger partial charge is 0.457 e. The molecule has 2 atom stereocenters. The Balaban J connectivity index is 0.000000505. The van der Waals surface area contributed by atoms with Crippen LogP contribution in [-0.2, 0) is 20.9 Å². The summed E-state index contributed by atoms with van der Waals surface area (Å²) >= 11 is 4.60. The number of carbonyl (C=O) groups excluding carboxylic acids is 3. The van der Waals surface area contributed by atoms with E-state index < -0.39 is 17.5 Å². The van der Waals surface area contributed by atoms with Crippen LogP contribution in [0.3, 0.4) is 0 Å². The van der Waals surface area contributed by atoms with E-state index in [4.69, 9.17) is 0 Å². The van der Waals surface area contributed by atoms with E-state index in [0.29, 0.717) is 13.0 Å². The number of nitrogens with one attached hydrogen (secondary N) is 1. The maximum Gasteiger partial charge on any atom is 0.403 e. The first-order chi connectivity index (χ1) is 11.4. The molecule has 1 fully saturated rings. The summed E-state index contributed by atoms with van der Waals surface area (Å²) in [7, 11) is 1.22. The first-order valence-corrected chi connectivity index (χ1v) is 7.81. The number of benzene rings is 1. The molecule has 24 heavy (non-hydrogen) atoms. The Morgan fingerprint density at radius 3 is 2.38 bits per heavy atom. The Hall–Kier alpha value is -2.12. The summed E-state index contributed by atoms with van der Waals surface area (Å²) in [5, 5.41) is 12.0. The summed E-state index contributed by atoms with van der Waals surface area (Å²) in [4.78, 5) is 35.0. The van der Waals surface area contributed by atoms with Crippen LogP contribution in [0.1, 0.15) is 18.9 Å². The number of halogens is 1. The van der Waals surface area contributed by atoms with E-state index in [2.05, 4.69) is 21.7 Å². The quantitative estimate of drug-likeness (QED) is 0.792. The number of amides is 2. The molecule has 1 aliphatic heterocycles. The Kier molecular flexibility index (Phi) is 8.21. The lowest BCUT2D eigenvalue weighted by molar-refractivity contribution is -0.151. The summed E-state index contributed by atoms with van der Waals surface area (Å²) < 4.78 is 3.88. The van der Waals surface area contributed by atoms with Crippen molar-refractivity contribution in [1.29, 1.82) is 0 Å². The van der Waals surface area contributed by atoms with Crippen LogP contribution in [0.25, 0.3) is 0 Å². The van der Waals surface area contributed by atoms with Crippen LogP contribution in [0, 0.1) is 0 Å². The molecule has 2 rings (SSSR count). The highest BCUT2D eigenvalue weighted by atomic mass is 35.5. The number of aliphatic hydroxyl groups is 1. The highest BCUT2D eigenvalue weighted by Gasteiger charge is 2.39. The molecule has 2 N–H and O–H groups in total. The highest BCUT2D eigenvalue weighted by Crippen LogP contribution is 2.16. The van der Waals surface area contributed by atoms with E-state index in [0.717, 1.165) is 5.56 Å². The van der Waals surface area contributed by atoms with Gasteiger partial charge in [0.2, 0.25) is 11.8 Å². The molecule has 1 aromatic carbocycles. The summed E-state index contributed by atoms with van der Waals surface area (Å²) in [6.07, 6.45) is 0.550. The number of hydrogen-bond donors (Lipinski definition) is 2. The molecule has 8 heteroatoms. The van der Waals surface area contributed by atoms with Gasteiger partial charge in [-0.25, -0.2) is 4.79 Å². The number of rotatable bonds is 4. The zero-order chi connectivity index (χ0) is 18.1. The second-order valence-electron chi connectivity index (χ2n) is 5.06. The van der Waals surface area contributed by atoms with Gasteiger partial charge in [0, 0.05) is 18.1 Å². The molecule has 0 aliphatic carbocycles. The molecule has 1 aliphatic rings. The van der Waals surface area contributed by atoms with Crippen molar-refractivity contribution in [2.45, 2.75) is 32.0 Å². The Labute approximate surface area is 145 Å². The van der Waals surface area contributed by atoms with Crippen molar-refractivity contribution in [3.63, 3.8) is 0 Å². The third kappa shape index (κ3) is 5.50. The SMILES string of the molecule is CC[C@H]1NC(=O)[C@@H](CO)N(Cc2ccccc2)C1=O.COC(=O)Cl. The van der Waals surface area contributed by atoms with Gasteiger partial charge in [0.1, 0.15) is 12.1 Å². The summed E-state index contributed by atoms with van der Waals surface area (Å²) in [6, 6.07) is 8.18. The van der Waals surface area contributed by atoms with Gasteiger partial charge in [-0.3, -0.25) is 9.59 Å².